The molecule has 2 aromatic rings. The number of anilines is 1. The van der Waals surface area contributed by atoms with E-state index in [4.69, 9.17) is 0 Å². The summed E-state index contributed by atoms with van der Waals surface area (Å²) >= 11 is 0. The highest BCUT2D eigenvalue weighted by Gasteiger charge is 2.37. The first kappa shape index (κ1) is 12.1. The Kier molecular flexibility index (Phi) is 2.43. The Morgan fingerprint density at radius 1 is 0.950 bits per heavy atom. The second-order valence-corrected chi connectivity index (χ2v) is 4.38. The van der Waals surface area contributed by atoms with Crippen molar-refractivity contribution >= 4 is 17.5 Å². The van der Waals surface area contributed by atoms with Crippen LogP contribution < -0.4 is 16.1 Å². The van der Waals surface area contributed by atoms with Crippen LogP contribution in [-0.4, -0.2) is 21.4 Å². The molecule has 1 aliphatic heterocycles. The van der Waals surface area contributed by atoms with Crippen molar-refractivity contribution in [2.75, 3.05) is 4.90 Å². The van der Waals surface area contributed by atoms with E-state index in [0.29, 0.717) is 0 Å². The van der Waals surface area contributed by atoms with Crippen LogP contribution in [0.25, 0.3) is 0 Å². The molecule has 2 heterocycles. The number of aryl methyl sites for hydroxylation is 1. The summed E-state index contributed by atoms with van der Waals surface area (Å²) in [6.45, 7) is 0. The normalized spacial score (nSPS) is 13.8. The van der Waals surface area contributed by atoms with Crippen molar-refractivity contribution in [3.05, 3.63) is 62.4 Å². The van der Waals surface area contributed by atoms with Gasteiger partial charge in [0.05, 0.1) is 11.1 Å². The highest BCUT2D eigenvalue weighted by Crippen LogP contribution is 2.25. The number of benzene rings is 1. The van der Waals surface area contributed by atoms with E-state index in [0.717, 1.165) is 9.47 Å². The maximum absolute atomic E-state index is 12.2. The number of aromatic amines is 1. The molecule has 0 bridgehead atoms. The van der Waals surface area contributed by atoms with E-state index in [9.17, 15) is 19.2 Å². The number of nitrogens with one attached hydrogen (secondary N) is 1. The third-order valence-corrected chi connectivity index (χ3v) is 3.12. The molecule has 7 nitrogen and oxygen atoms in total. The molecule has 0 saturated heterocycles. The molecule has 0 unspecified atom stereocenters. The molecule has 0 saturated carbocycles. The average molecular weight is 271 g/mol. The van der Waals surface area contributed by atoms with E-state index in [1.165, 1.54) is 25.4 Å². The van der Waals surface area contributed by atoms with Gasteiger partial charge >= 0.3 is 5.69 Å². The molecule has 0 radical (unpaired) electrons. The Morgan fingerprint density at radius 2 is 1.50 bits per heavy atom. The van der Waals surface area contributed by atoms with Crippen LogP contribution in [0.5, 0.6) is 0 Å². The molecule has 1 aliphatic rings. The monoisotopic (exact) mass is 271 g/mol. The number of aromatic nitrogens is 2. The number of imide groups is 1. The van der Waals surface area contributed by atoms with E-state index >= 15 is 0 Å². The maximum atomic E-state index is 12.2. The van der Waals surface area contributed by atoms with Gasteiger partial charge in [-0.25, -0.2) is 9.69 Å². The number of fused-ring (bicyclic) bond motifs is 1. The zero-order valence-corrected chi connectivity index (χ0v) is 10.4. The zero-order chi connectivity index (χ0) is 14.4. The fourth-order valence-corrected chi connectivity index (χ4v) is 2.12. The van der Waals surface area contributed by atoms with Crippen molar-refractivity contribution in [2.45, 2.75) is 0 Å². The first-order valence-electron chi connectivity index (χ1n) is 5.78. The summed E-state index contributed by atoms with van der Waals surface area (Å²) < 4.78 is 1.10. The second kappa shape index (κ2) is 4.02. The van der Waals surface area contributed by atoms with E-state index in [-0.39, 0.29) is 16.8 Å². The van der Waals surface area contributed by atoms with Gasteiger partial charge in [0.15, 0.2) is 0 Å². The molecular weight excluding hydrogens is 262 g/mol. The molecule has 2 amide bonds. The summed E-state index contributed by atoms with van der Waals surface area (Å²) in [6, 6.07) is 6.31. The van der Waals surface area contributed by atoms with Crippen molar-refractivity contribution in [2.24, 2.45) is 7.05 Å². The standard InChI is InChI=1S/C13H9N3O4/c1-15-6-9(10(17)14-13(15)20)16-11(18)7-4-2-3-5-8(7)12(16)19/h2-6H,1H3,(H,14,17,20). The van der Waals surface area contributed by atoms with Crippen LogP contribution in [0.15, 0.2) is 40.1 Å². The summed E-state index contributed by atoms with van der Waals surface area (Å²) in [5.74, 6) is -1.15. The van der Waals surface area contributed by atoms with Crippen molar-refractivity contribution in [1.82, 2.24) is 9.55 Å². The molecule has 0 atom stereocenters. The van der Waals surface area contributed by atoms with Crippen LogP contribution in [0.1, 0.15) is 20.7 Å². The zero-order valence-electron chi connectivity index (χ0n) is 10.4. The van der Waals surface area contributed by atoms with Gasteiger partial charge in [-0.2, -0.15) is 0 Å². The van der Waals surface area contributed by atoms with Gasteiger partial charge in [0.2, 0.25) is 0 Å². The van der Waals surface area contributed by atoms with E-state index in [1.807, 2.05) is 0 Å². The van der Waals surface area contributed by atoms with Gasteiger partial charge in [0, 0.05) is 13.2 Å². The van der Waals surface area contributed by atoms with Crippen LogP contribution >= 0.6 is 0 Å². The molecule has 1 aromatic heterocycles. The largest absolute Gasteiger partial charge is 0.328 e. The SMILES string of the molecule is Cn1cc(N2C(=O)c3ccccc3C2=O)c(=O)[nH]c1=O. The first-order valence-corrected chi connectivity index (χ1v) is 5.78. The number of nitrogens with zero attached hydrogens (tertiary/aromatic N) is 2. The lowest BCUT2D eigenvalue weighted by Gasteiger charge is -2.13. The number of hydrogen-bond donors (Lipinski definition) is 1. The number of H-pyrrole nitrogens is 1. The molecule has 0 spiro atoms. The van der Waals surface area contributed by atoms with Crippen molar-refractivity contribution < 1.29 is 9.59 Å². The van der Waals surface area contributed by atoms with Crippen molar-refractivity contribution in [3.8, 4) is 0 Å². The lowest BCUT2D eigenvalue weighted by Crippen LogP contribution is -2.38. The molecular formula is C13H9N3O4. The fraction of sp³-hybridized carbons (Fsp3) is 0.0769. The first-order chi connectivity index (χ1) is 9.50. The minimum absolute atomic E-state index is 0.168. The molecule has 3 rings (SSSR count). The summed E-state index contributed by atoms with van der Waals surface area (Å²) in [6.07, 6.45) is 1.17. The summed E-state index contributed by atoms with van der Waals surface area (Å²) in [7, 11) is 1.42. The van der Waals surface area contributed by atoms with Gasteiger partial charge in [-0.15, -0.1) is 0 Å². The predicted octanol–water partition coefficient (Wildman–Crippen LogP) is -0.126. The molecule has 20 heavy (non-hydrogen) atoms. The molecule has 1 N–H and O–H groups in total. The Labute approximate surface area is 112 Å². The fourth-order valence-electron chi connectivity index (χ4n) is 2.12. The van der Waals surface area contributed by atoms with Gasteiger partial charge < -0.3 is 4.57 Å². The number of amides is 2. The smallest absolute Gasteiger partial charge is 0.302 e. The van der Waals surface area contributed by atoms with E-state index in [2.05, 4.69) is 4.98 Å². The van der Waals surface area contributed by atoms with Crippen LogP contribution in [0.3, 0.4) is 0 Å². The van der Waals surface area contributed by atoms with Crippen LogP contribution in [-0.2, 0) is 7.05 Å². The van der Waals surface area contributed by atoms with Crippen LogP contribution in [0.4, 0.5) is 5.69 Å². The number of carbonyl (C=O) groups excluding carboxylic acids is 2. The summed E-state index contributed by atoms with van der Waals surface area (Å²) in [4.78, 5) is 50.4. The van der Waals surface area contributed by atoms with Crippen LogP contribution in [0, 0.1) is 0 Å². The molecule has 1 aromatic carbocycles. The lowest BCUT2D eigenvalue weighted by molar-refractivity contribution is 0.0925. The van der Waals surface area contributed by atoms with Crippen molar-refractivity contribution in [1.29, 1.82) is 0 Å². The molecule has 0 fully saturated rings. The Balaban J connectivity index is 2.22. The van der Waals surface area contributed by atoms with E-state index in [1.54, 1.807) is 12.1 Å². The van der Waals surface area contributed by atoms with Crippen LogP contribution in [0.2, 0.25) is 0 Å². The Morgan fingerprint density at radius 3 is 2.05 bits per heavy atom. The molecule has 7 heteroatoms. The molecule has 100 valence electrons. The highest BCUT2D eigenvalue weighted by atomic mass is 16.2. The second-order valence-electron chi connectivity index (χ2n) is 4.38. The minimum Gasteiger partial charge on any atom is -0.302 e. The predicted molar refractivity (Wildman–Crippen MR) is 69.9 cm³/mol. The van der Waals surface area contributed by atoms with Crippen molar-refractivity contribution in [3.63, 3.8) is 0 Å². The number of carbonyl (C=O) groups is 2. The summed E-state index contributed by atoms with van der Waals surface area (Å²) in [5, 5.41) is 0. The van der Waals surface area contributed by atoms with Gasteiger partial charge in [-0.3, -0.25) is 19.4 Å². The third-order valence-electron chi connectivity index (χ3n) is 3.12. The Bertz CT molecular complexity index is 827. The van der Waals surface area contributed by atoms with Gasteiger partial charge in [-0.05, 0) is 12.1 Å². The summed E-state index contributed by atoms with van der Waals surface area (Å²) in [5.41, 5.74) is -1.08. The Hall–Kier alpha value is -2.96. The van der Waals surface area contributed by atoms with Gasteiger partial charge in [0.25, 0.3) is 17.4 Å². The third kappa shape index (κ3) is 1.53. The number of rotatable bonds is 1. The average Bonchev–Trinajstić information content (AvgIpc) is 2.68. The minimum atomic E-state index is -0.775. The van der Waals surface area contributed by atoms with E-state index < -0.39 is 23.1 Å². The van der Waals surface area contributed by atoms with Gasteiger partial charge in [-0.1, -0.05) is 12.1 Å². The maximum Gasteiger partial charge on any atom is 0.328 e. The highest BCUT2D eigenvalue weighted by molar-refractivity contribution is 6.34. The lowest BCUT2D eigenvalue weighted by atomic mass is 10.1. The van der Waals surface area contributed by atoms with Gasteiger partial charge in [0.1, 0.15) is 5.69 Å². The molecule has 0 aliphatic carbocycles. The quantitative estimate of drug-likeness (QED) is 0.731. The number of hydrogen-bond acceptors (Lipinski definition) is 4. The topological polar surface area (TPSA) is 92.2 Å².